The van der Waals surface area contributed by atoms with E-state index in [1.807, 2.05) is 6.07 Å². The van der Waals surface area contributed by atoms with Crippen LogP contribution in [-0.2, 0) is 0 Å². The van der Waals surface area contributed by atoms with Crippen molar-refractivity contribution in [2.45, 2.75) is 0 Å². The second kappa shape index (κ2) is 6.03. The van der Waals surface area contributed by atoms with E-state index >= 15 is 0 Å². The molecular formula is C14H8ClN3O3. The third-order valence-corrected chi connectivity index (χ3v) is 2.92. The summed E-state index contributed by atoms with van der Waals surface area (Å²) < 4.78 is 0. The Morgan fingerprint density at radius 1 is 1.24 bits per heavy atom. The minimum Gasteiger partial charge on any atom is -0.316 e. The molecule has 0 saturated carbocycles. The maximum Gasteiger partial charge on any atom is 0.294 e. The molecule has 2 aromatic carbocycles. The van der Waals surface area contributed by atoms with Crippen LogP contribution in [0.4, 0.5) is 11.4 Å². The van der Waals surface area contributed by atoms with Gasteiger partial charge in [-0.25, -0.2) is 0 Å². The molecule has 0 saturated heterocycles. The number of anilines is 1. The summed E-state index contributed by atoms with van der Waals surface area (Å²) >= 11 is 5.70. The number of nitrogens with zero attached hydrogens (tertiary/aromatic N) is 2. The van der Waals surface area contributed by atoms with E-state index in [-0.39, 0.29) is 16.4 Å². The highest BCUT2D eigenvalue weighted by Gasteiger charge is 2.17. The van der Waals surface area contributed by atoms with E-state index in [1.54, 1.807) is 0 Å². The van der Waals surface area contributed by atoms with Gasteiger partial charge >= 0.3 is 0 Å². The second-order valence-electron chi connectivity index (χ2n) is 4.06. The molecule has 0 unspecified atom stereocenters. The summed E-state index contributed by atoms with van der Waals surface area (Å²) in [4.78, 5) is 22.3. The molecule has 0 aliphatic rings. The molecule has 0 aromatic heterocycles. The van der Waals surface area contributed by atoms with Gasteiger partial charge in [-0.05, 0) is 36.4 Å². The van der Waals surface area contributed by atoms with Crippen LogP contribution in [0.5, 0.6) is 0 Å². The van der Waals surface area contributed by atoms with E-state index in [0.29, 0.717) is 11.1 Å². The molecule has 1 amide bonds. The van der Waals surface area contributed by atoms with Crippen molar-refractivity contribution in [3.05, 3.63) is 68.7 Å². The summed E-state index contributed by atoms with van der Waals surface area (Å²) in [7, 11) is 0. The number of hydrogen-bond acceptors (Lipinski definition) is 4. The van der Waals surface area contributed by atoms with Crippen LogP contribution in [0.25, 0.3) is 0 Å². The predicted molar refractivity (Wildman–Crippen MR) is 77.2 cm³/mol. The monoisotopic (exact) mass is 301 g/mol. The molecule has 0 bridgehead atoms. The van der Waals surface area contributed by atoms with Crippen molar-refractivity contribution in [2.75, 3.05) is 5.32 Å². The molecule has 0 spiro atoms. The highest BCUT2D eigenvalue weighted by molar-refractivity contribution is 6.31. The Bertz CT molecular complexity index is 751. The number of nitro benzene ring substituents is 1. The number of nitro groups is 1. The van der Waals surface area contributed by atoms with Crippen molar-refractivity contribution in [1.29, 1.82) is 5.26 Å². The van der Waals surface area contributed by atoms with Crippen molar-refractivity contribution in [3.63, 3.8) is 0 Å². The fourth-order valence-electron chi connectivity index (χ4n) is 1.65. The minimum absolute atomic E-state index is 0.0544. The van der Waals surface area contributed by atoms with Gasteiger partial charge in [0.1, 0.15) is 5.69 Å². The lowest BCUT2D eigenvalue weighted by atomic mass is 10.1. The number of nitrogens with one attached hydrogen (secondary N) is 1. The lowest BCUT2D eigenvalue weighted by molar-refractivity contribution is -0.383. The van der Waals surface area contributed by atoms with E-state index in [1.165, 1.54) is 36.4 Å². The number of carbonyl (C=O) groups is 1. The quantitative estimate of drug-likeness (QED) is 0.694. The number of halogens is 1. The molecule has 0 atom stereocenters. The standard InChI is InChI=1S/C14H8ClN3O3/c15-11-5-6-12(13(7-11)18(20)21)17-14(19)10-3-1-9(8-16)2-4-10/h1-7H,(H,17,19). The van der Waals surface area contributed by atoms with Crippen molar-refractivity contribution in [1.82, 2.24) is 0 Å². The molecule has 7 heteroatoms. The van der Waals surface area contributed by atoms with Gasteiger partial charge in [-0.2, -0.15) is 5.26 Å². The van der Waals surface area contributed by atoms with Gasteiger partial charge in [0, 0.05) is 16.7 Å². The lowest BCUT2D eigenvalue weighted by Gasteiger charge is -2.06. The number of benzene rings is 2. The summed E-state index contributed by atoms with van der Waals surface area (Å²) in [5, 5.41) is 22.3. The number of hydrogen-bond donors (Lipinski definition) is 1. The fourth-order valence-corrected chi connectivity index (χ4v) is 1.82. The Kier molecular flexibility index (Phi) is 4.16. The SMILES string of the molecule is N#Cc1ccc(C(=O)Nc2ccc(Cl)cc2[N+](=O)[O-])cc1. The van der Waals surface area contributed by atoms with Crippen molar-refractivity contribution < 1.29 is 9.72 Å². The van der Waals surface area contributed by atoms with Crippen molar-refractivity contribution in [2.24, 2.45) is 0 Å². The van der Waals surface area contributed by atoms with Crippen molar-refractivity contribution >= 4 is 28.9 Å². The number of amides is 1. The van der Waals surface area contributed by atoms with E-state index in [0.717, 1.165) is 6.07 Å². The molecule has 0 fully saturated rings. The number of carbonyl (C=O) groups excluding carboxylic acids is 1. The largest absolute Gasteiger partial charge is 0.316 e. The van der Waals surface area contributed by atoms with Crippen LogP contribution in [0, 0.1) is 21.4 Å². The van der Waals surface area contributed by atoms with Gasteiger partial charge in [0.2, 0.25) is 0 Å². The van der Waals surface area contributed by atoms with E-state index in [2.05, 4.69) is 5.32 Å². The number of rotatable bonds is 3. The Morgan fingerprint density at radius 2 is 1.90 bits per heavy atom. The molecule has 2 aromatic rings. The molecule has 0 heterocycles. The first-order valence-electron chi connectivity index (χ1n) is 5.76. The summed E-state index contributed by atoms with van der Waals surface area (Å²) in [6.45, 7) is 0. The molecular weight excluding hydrogens is 294 g/mol. The predicted octanol–water partition coefficient (Wildman–Crippen LogP) is 3.37. The van der Waals surface area contributed by atoms with E-state index in [9.17, 15) is 14.9 Å². The smallest absolute Gasteiger partial charge is 0.294 e. The molecule has 1 N–H and O–H groups in total. The first kappa shape index (κ1) is 14.5. The minimum atomic E-state index is -0.625. The normalized spacial score (nSPS) is 9.71. The van der Waals surface area contributed by atoms with Gasteiger partial charge in [0.25, 0.3) is 11.6 Å². The van der Waals surface area contributed by atoms with Gasteiger partial charge in [-0.1, -0.05) is 11.6 Å². The Labute approximate surface area is 124 Å². The van der Waals surface area contributed by atoms with Crippen molar-refractivity contribution in [3.8, 4) is 6.07 Å². The van der Waals surface area contributed by atoms with Gasteiger partial charge in [-0.15, -0.1) is 0 Å². The fraction of sp³-hybridized carbons (Fsp3) is 0. The van der Waals surface area contributed by atoms with E-state index in [4.69, 9.17) is 16.9 Å². The molecule has 104 valence electrons. The van der Waals surface area contributed by atoms with Crippen LogP contribution in [0.15, 0.2) is 42.5 Å². The third kappa shape index (κ3) is 3.35. The lowest BCUT2D eigenvalue weighted by Crippen LogP contribution is -2.13. The first-order valence-corrected chi connectivity index (χ1v) is 6.14. The topological polar surface area (TPSA) is 96.0 Å². The zero-order valence-corrected chi connectivity index (χ0v) is 11.3. The summed E-state index contributed by atoms with van der Waals surface area (Å²) in [6, 6.07) is 11.8. The molecule has 6 nitrogen and oxygen atoms in total. The van der Waals surface area contributed by atoms with Crippen LogP contribution in [0.3, 0.4) is 0 Å². The highest BCUT2D eigenvalue weighted by Crippen LogP contribution is 2.28. The molecule has 0 radical (unpaired) electrons. The third-order valence-electron chi connectivity index (χ3n) is 2.68. The van der Waals surface area contributed by atoms with Gasteiger partial charge in [-0.3, -0.25) is 14.9 Å². The molecule has 2 rings (SSSR count). The molecule has 0 aliphatic carbocycles. The Balaban J connectivity index is 2.27. The van der Waals surface area contributed by atoms with Crippen LogP contribution in [0.1, 0.15) is 15.9 Å². The van der Waals surface area contributed by atoms with Gasteiger partial charge < -0.3 is 5.32 Å². The van der Waals surface area contributed by atoms with Gasteiger partial charge in [0.05, 0.1) is 16.6 Å². The van der Waals surface area contributed by atoms with Crippen LogP contribution in [0.2, 0.25) is 5.02 Å². The second-order valence-corrected chi connectivity index (χ2v) is 4.50. The summed E-state index contributed by atoms with van der Waals surface area (Å²) in [5.74, 6) is -0.509. The Morgan fingerprint density at radius 3 is 2.48 bits per heavy atom. The van der Waals surface area contributed by atoms with Gasteiger partial charge in [0.15, 0.2) is 0 Å². The zero-order valence-electron chi connectivity index (χ0n) is 10.5. The van der Waals surface area contributed by atoms with Crippen LogP contribution >= 0.6 is 11.6 Å². The summed E-state index contributed by atoms with van der Waals surface area (Å²) in [6.07, 6.45) is 0. The zero-order chi connectivity index (χ0) is 15.4. The maximum absolute atomic E-state index is 12.0. The first-order chi connectivity index (χ1) is 10.0. The van der Waals surface area contributed by atoms with Crippen LogP contribution in [-0.4, -0.2) is 10.8 Å². The van der Waals surface area contributed by atoms with Crippen LogP contribution < -0.4 is 5.32 Å². The Hall–Kier alpha value is -2.91. The number of nitriles is 1. The highest BCUT2D eigenvalue weighted by atomic mass is 35.5. The molecule has 21 heavy (non-hydrogen) atoms. The van der Waals surface area contributed by atoms with E-state index < -0.39 is 10.8 Å². The summed E-state index contributed by atoms with van der Waals surface area (Å²) in [5.41, 5.74) is 0.477. The average molecular weight is 302 g/mol. The maximum atomic E-state index is 12.0. The molecule has 0 aliphatic heterocycles. The average Bonchev–Trinajstić information content (AvgIpc) is 2.49.